The number of rotatable bonds is 3. The maximum atomic E-state index is 5.65. The van der Waals surface area contributed by atoms with Gasteiger partial charge in [-0.1, -0.05) is 11.3 Å². The molecular weight excluding hydrogens is 284 g/mol. The lowest BCUT2D eigenvalue weighted by molar-refractivity contribution is 0.412. The highest BCUT2D eigenvalue weighted by atomic mass is 79.9. The summed E-state index contributed by atoms with van der Waals surface area (Å²) < 4.78 is 7.86. The Kier molecular flexibility index (Phi) is 3.33. The Hall–Kier alpha value is -1.56. The van der Waals surface area contributed by atoms with Crippen molar-refractivity contribution in [2.45, 2.75) is 13.5 Å². The van der Waals surface area contributed by atoms with Crippen molar-refractivity contribution >= 4 is 21.7 Å². The van der Waals surface area contributed by atoms with Gasteiger partial charge in [-0.05, 0) is 40.5 Å². The van der Waals surface area contributed by atoms with Gasteiger partial charge in [0.15, 0.2) is 5.82 Å². The van der Waals surface area contributed by atoms with E-state index in [1.165, 1.54) is 0 Å². The molecule has 0 unspecified atom stereocenters. The highest BCUT2D eigenvalue weighted by molar-refractivity contribution is 9.10. The molecule has 1 aromatic heterocycles. The van der Waals surface area contributed by atoms with Crippen LogP contribution in [-0.2, 0) is 6.54 Å². The lowest BCUT2D eigenvalue weighted by Crippen LogP contribution is -2.04. The minimum absolute atomic E-state index is 0.470. The van der Waals surface area contributed by atoms with Crippen molar-refractivity contribution in [3.05, 3.63) is 33.9 Å². The predicted octanol–water partition coefficient (Wildman–Crippen LogP) is 1.99. The summed E-state index contributed by atoms with van der Waals surface area (Å²) >= 11 is 3.45. The Bertz CT molecular complexity index is 538. The van der Waals surface area contributed by atoms with Crippen LogP contribution in [0.15, 0.2) is 22.7 Å². The molecule has 90 valence electrons. The Morgan fingerprint density at radius 3 is 2.76 bits per heavy atom. The van der Waals surface area contributed by atoms with Crippen LogP contribution in [0, 0.1) is 6.92 Å². The van der Waals surface area contributed by atoms with E-state index in [4.69, 9.17) is 10.5 Å². The molecule has 6 heteroatoms. The number of aromatic nitrogens is 3. The highest BCUT2D eigenvalue weighted by Crippen LogP contribution is 2.25. The number of nitrogen functional groups attached to an aromatic ring is 1. The molecule has 0 fully saturated rings. The molecule has 0 bridgehead atoms. The summed E-state index contributed by atoms with van der Waals surface area (Å²) in [6.07, 6.45) is 0. The lowest BCUT2D eigenvalue weighted by atomic mass is 10.2. The van der Waals surface area contributed by atoms with Gasteiger partial charge in [0.1, 0.15) is 5.75 Å². The third kappa shape index (κ3) is 2.41. The van der Waals surface area contributed by atoms with Crippen molar-refractivity contribution in [1.82, 2.24) is 15.0 Å². The maximum Gasteiger partial charge on any atom is 0.168 e. The molecule has 0 atom stereocenters. The number of hydrogen-bond donors (Lipinski definition) is 1. The average molecular weight is 297 g/mol. The molecule has 0 aliphatic rings. The molecule has 17 heavy (non-hydrogen) atoms. The molecule has 0 saturated carbocycles. The number of hydrogen-bond acceptors (Lipinski definition) is 4. The van der Waals surface area contributed by atoms with Crippen LogP contribution in [0.25, 0.3) is 0 Å². The van der Waals surface area contributed by atoms with Crippen molar-refractivity contribution in [1.29, 1.82) is 0 Å². The van der Waals surface area contributed by atoms with Crippen molar-refractivity contribution in [3.63, 3.8) is 0 Å². The number of methoxy groups -OCH3 is 1. The molecule has 0 saturated heterocycles. The second-order valence-electron chi connectivity index (χ2n) is 3.69. The van der Waals surface area contributed by atoms with Crippen LogP contribution in [-0.4, -0.2) is 22.1 Å². The Labute approximate surface area is 108 Å². The van der Waals surface area contributed by atoms with E-state index < -0.39 is 0 Å². The summed E-state index contributed by atoms with van der Waals surface area (Å²) in [5, 5.41) is 7.80. The molecule has 2 aromatic rings. The first-order chi connectivity index (χ1) is 8.11. The van der Waals surface area contributed by atoms with Gasteiger partial charge in [0.2, 0.25) is 0 Å². The van der Waals surface area contributed by atoms with E-state index in [2.05, 4.69) is 26.2 Å². The molecule has 0 aliphatic heterocycles. The first kappa shape index (κ1) is 11.9. The quantitative estimate of drug-likeness (QED) is 0.941. The standard InChI is InChI=1S/C11H13BrN4O/c1-7-11(13)14-15-16(7)6-8-3-4-10(17-2)9(12)5-8/h3-5H,6,13H2,1-2H3. The van der Waals surface area contributed by atoms with E-state index in [0.717, 1.165) is 21.5 Å². The average Bonchev–Trinajstić information content (AvgIpc) is 2.61. The van der Waals surface area contributed by atoms with Crippen molar-refractivity contribution in [2.24, 2.45) is 0 Å². The van der Waals surface area contributed by atoms with Gasteiger partial charge in [-0.2, -0.15) is 0 Å². The molecule has 0 amide bonds. The number of nitrogens with zero attached hydrogens (tertiary/aromatic N) is 3. The van der Waals surface area contributed by atoms with Crippen LogP contribution in [0.3, 0.4) is 0 Å². The highest BCUT2D eigenvalue weighted by Gasteiger charge is 2.07. The van der Waals surface area contributed by atoms with Gasteiger partial charge < -0.3 is 10.5 Å². The van der Waals surface area contributed by atoms with Gasteiger partial charge in [-0.3, -0.25) is 0 Å². The molecule has 0 aliphatic carbocycles. The SMILES string of the molecule is COc1ccc(Cn2nnc(N)c2C)cc1Br. The van der Waals surface area contributed by atoms with Gasteiger partial charge in [0.05, 0.1) is 23.8 Å². The minimum atomic E-state index is 0.470. The fraction of sp³-hybridized carbons (Fsp3) is 0.273. The van der Waals surface area contributed by atoms with Gasteiger partial charge >= 0.3 is 0 Å². The van der Waals surface area contributed by atoms with Gasteiger partial charge in [-0.15, -0.1) is 5.10 Å². The molecule has 2 N–H and O–H groups in total. The third-order valence-corrected chi connectivity index (χ3v) is 3.19. The zero-order valence-electron chi connectivity index (χ0n) is 9.64. The van der Waals surface area contributed by atoms with Crippen molar-refractivity contribution < 1.29 is 4.74 Å². The number of anilines is 1. The van der Waals surface area contributed by atoms with Crippen LogP contribution in [0.1, 0.15) is 11.3 Å². The fourth-order valence-corrected chi connectivity index (χ4v) is 2.09. The van der Waals surface area contributed by atoms with E-state index in [9.17, 15) is 0 Å². The van der Waals surface area contributed by atoms with Crippen molar-refractivity contribution in [2.75, 3.05) is 12.8 Å². The van der Waals surface area contributed by atoms with Crippen LogP contribution >= 0.6 is 15.9 Å². The molecular formula is C11H13BrN4O. The minimum Gasteiger partial charge on any atom is -0.496 e. The summed E-state index contributed by atoms with van der Waals surface area (Å²) in [4.78, 5) is 0. The van der Waals surface area contributed by atoms with Crippen molar-refractivity contribution in [3.8, 4) is 5.75 Å². The third-order valence-electron chi connectivity index (χ3n) is 2.57. The van der Waals surface area contributed by atoms with E-state index >= 15 is 0 Å². The summed E-state index contributed by atoms with van der Waals surface area (Å²) in [5.41, 5.74) is 7.62. The zero-order valence-corrected chi connectivity index (χ0v) is 11.2. The smallest absolute Gasteiger partial charge is 0.168 e. The Morgan fingerprint density at radius 2 is 2.24 bits per heavy atom. The molecule has 1 aromatic carbocycles. The normalized spacial score (nSPS) is 10.5. The van der Waals surface area contributed by atoms with Gasteiger partial charge in [0.25, 0.3) is 0 Å². The topological polar surface area (TPSA) is 66.0 Å². The number of ether oxygens (including phenoxy) is 1. The molecule has 5 nitrogen and oxygen atoms in total. The summed E-state index contributed by atoms with van der Waals surface area (Å²) in [6.45, 7) is 2.53. The summed E-state index contributed by atoms with van der Waals surface area (Å²) in [7, 11) is 1.64. The Balaban J connectivity index is 2.25. The first-order valence-electron chi connectivity index (χ1n) is 5.10. The molecule has 0 spiro atoms. The largest absolute Gasteiger partial charge is 0.496 e. The van der Waals surface area contributed by atoms with E-state index in [1.807, 2.05) is 25.1 Å². The van der Waals surface area contributed by atoms with Crippen LogP contribution in [0.5, 0.6) is 5.75 Å². The second kappa shape index (κ2) is 4.75. The van der Waals surface area contributed by atoms with E-state index in [1.54, 1.807) is 11.8 Å². The van der Waals surface area contributed by atoms with E-state index in [0.29, 0.717) is 12.4 Å². The first-order valence-corrected chi connectivity index (χ1v) is 5.89. The second-order valence-corrected chi connectivity index (χ2v) is 4.54. The predicted molar refractivity (Wildman–Crippen MR) is 69.0 cm³/mol. The maximum absolute atomic E-state index is 5.65. The number of nitrogens with two attached hydrogens (primary N) is 1. The Morgan fingerprint density at radius 1 is 1.47 bits per heavy atom. The molecule has 0 radical (unpaired) electrons. The summed E-state index contributed by atoms with van der Waals surface area (Å²) in [6, 6.07) is 5.89. The number of halogens is 1. The van der Waals surface area contributed by atoms with Crippen LogP contribution in [0.2, 0.25) is 0 Å². The summed E-state index contributed by atoms with van der Waals surface area (Å²) in [5.74, 6) is 1.28. The number of benzene rings is 1. The lowest BCUT2D eigenvalue weighted by Gasteiger charge is -2.07. The van der Waals surface area contributed by atoms with E-state index in [-0.39, 0.29) is 0 Å². The fourth-order valence-electron chi connectivity index (χ4n) is 1.51. The van der Waals surface area contributed by atoms with Gasteiger partial charge in [-0.25, -0.2) is 4.68 Å². The van der Waals surface area contributed by atoms with Crippen LogP contribution in [0.4, 0.5) is 5.82 Å². The molecule has 1 heterocycles. The van der Waals surface area contributed by atoms with Gasteiger partial charge in [0, 0.05) is 0 Å². The monoisotopic (exact) mass is 296 g/mol. The van der Waals surface area contributed by atoms with Crippen LogP contribution < -0.4 is 10.5 Å². The molecule has 2 rings (SSSR count). The zero-order chi connectivity index (χ0) is 12.4.